The third-order valence-electron chi connectivity index (χ3n) is 1.59. The van der Waals surface area contributed by atoms with E-state index >= 15 is 0 Å². The number of halogens is 2. The molecular formula is C8H9BrFNO2. The molecule has 1 aromatic carbocycles. The standard InChI is InChI=1S/C8H9BrFNO2/c1-12-6-3-2-5(4-13-11)8(10)7(6)9/h2-3H,4,11H2,1H3. The van der Waals surface area contributed by atoms with Crippen LogP contribution < -0.4 is 10.6 Å². The maximum absolute atomic E-state index is 13.4. The minimum Gasteiger partial charge on any atom is -0.495 e. The topological polar surface area (TPSA) is 44.5 Å². The molecule has 5 heteroatoms. The summed E-state index contributed by atoms with van der Waals surface area (Å²) in [5.74, 6) is 4.87. The summed E-state index contributed by atoms with van der Waals surface area (Å²) in [4.78, 5) is 4.34. The molecule has 0 spiro atoms. The minimum absolute atomic E-state index is 0.0361. The van der Waals surface area contributed by atoms with Crippen LogP contribution in [0, 0.1) is 5.82 Å². The predicted molar refractivity (Wildman–Crippen MR) is 49.6 cm³/mol. The van der Waals surface area contributed by atoms with Crippen molar-refractivity contribution in [2.24, 2.45) is 5.90 Å². The lowest BCUT2D eigenvalue weighted by Crippen LogP contribution is -2.02. The summed E-state index contributed by atoms with van der Waals surface area (Å²) < 4.78 is 18.6. The fourth-order valence-corrected chi connectivity index (χ4v) is 1.48. The van der Waals surface area contributed by atoms with Crippen LogP contribution >= 0.6 is 15.9 Å². The summed E-state index contributed by atoms with van der Waals surface area (Å²) in [6.07, 6.45) is 0. The van der Waals surface area contributed by atoms with Gasteiger partial charge >= 0.3 is 0 Å². The maximum atomic E-state index is 13.4. The Bertz CT molecular complexity index is 306. The van der Waals surface area contributed by atoms with E-state index in [-0.39, 0.29) is 11.1 Å². The molecule has 3 nitrogen and oxygen atoms in total. The van der Waals surface area contributed by atoms with Crippen molar-refractivity contribution in [3.63, 3.8) is 0 Å². The Morgan fingerprint density at radius 3 is 2.77 bits per heavy atom. The summed E-state index contributed by atoms with van der Waals surface area (Å²) in [6, 6.07) is 3.20. The molecule has 0 unspecified atom stereocenters. The Morgan fingerprint density at radius 1 is 1.54 bits per heavy atom. The monoisotopic (exact) mass is 249 g/mol. The average Bonchev–Trinajstić information content (AvgIpc) is 2.14. The number of benzene rings is 1. The third-order valence-corrected chi connectivity index (χ3v) is 2.32. The van der Waals surface area contributed by atoms with Gasteiger partial charge in [-0.2, -0.15) is 0 Å². The fourth-order valence-electron chi connectivity index (χ4n) is 0.931. The maximum Gasteiger partial charge on any atom is 0.146 e. The van der Waals surface area contributed by atoms with E-state index in [1.807, 2.05) is 0 Å². The molecule has 0 heterocycles. The van der Waals surface area contributed by atoms with Crippen LogP contribution in [0.2, 0.25) is 0 Å². The highest BCUT2D eigenvalue weighted by atomic mass is 79.9. The molecule has 0 radical (unpaired) electrons. The predicted octanol–water partition coefficient (Wildman–Crippen LogP) is 1.99. The van der Waals surface area contributed by atoms with Crippen molar-refractivity contribution < 1.29 is 14.0 Å². The van der Waals surface area contributed by atoms with Gasteiger partial charge in [0.25, 0.3) is 0 Å². The van der Waals surface area contributed by atoms with Crippen LogP contribution in [-0.4, -0.2) is 7.11 Å². The first-order valence-electron chi connectivity index (χ1n) is 3.53. The zero-order valence-corrected chi connectivity index (χ0v) is 8.60. The van der Waals surface area contributed by atoms with Crippen molar-refractivity contribution in [2.45, 2.75) is 6.61 Å². The van der Waals surface area contributed by atoms with Crippen LogP contribution in [0.1, 0.15) is 5.56 Å². The number of hydrogen-bond acceptors (Lipinski definition) is 3. The smallest absolute Gasteiger partial charge is 0.146 e. The van der Waals surface area contributed by atoms with Gasteiger partial charge in [0.05, 0.1) is 18.2 Å². The first-order valence-corrected chi connectivity index (χ1v) is 4.32. The van der Waals surface area contributed by atoms with Gasteiger partial charge in [-0.25, -0.2) is 10.3 Å². The molecule has 0 saturated carbocycles. The van der Waals surface area contributed by atoms with Crippen LogP contribution in [-0.2, 0) is 11.4 Å². The van der Waals surface area contributed by atoms with Crippen LogP contribution in [0.25, 0.3) is 0 Å². The second-order valence-corrected chi connectivity index (χ2v) is 3.16. The summed E-state index contributed by atoms with van der Waals surface area (Å²) in [5, 5.41) is 0. The van der Waals surface area contributed by atoms with Crippen LogP contribution in [0.3, 0.4) is 0 Å². The van der Waals surface area contributed by atoms with Crippen LogP contribution in [0.15, 0.2) is 16.6 Å². The molecule has 72 valence electrons. The van der Waals surface area contributed by atoms with Crippen molar-refractivity contribution in [1.29, 1.82) is 0 Å². The SMILES string of the molecule is COc1ccc(CON)c(F)c1Br. The van der Waals surface area contributed by atoms with E-state index in [0.717, 1.165) is 0 Å². The summed E-state index contributed by atoms with van der Waals surface area (Å²) >= 11 is 3.06. The van der Waals surface area contributed by atoms with Crippen molar-refractivity contribution in [1.82, 2.24) is 0 Å². The molecule has 0 amide bonds. The van der Waals surface area contributed by atoms with Crippen molar-refractivity contribution >= 4 is 15.9 Å². The lowest BCUT2D eigenvalue weighted by atomic mass is 10.2. The Morgan fingerprint density at radius 2 is 2.23 bits per heavy atom. The van der Waals surface area contributed by atoms with Gasteiger partial charge < -0.3 is 4.74 Å². The van der Waals surface area contributed by atoms with Crippen molar-refractivity contribution in [3.05, 3.63) is 28.0 Å². The number of hydrogen-bond donors (Lipinski definition) is 1. The number of methoxy groups -OCH3 is 1. The summed E-state index contributed by atoms with van der Waals surface area (Å²) in [6.45, 7) is 0.0361. The summed E-state index contributed by atoms with van der Waals surface area (Å²) in [5.41, 5.74) is 0.384. The zero-order chi connectivity index (χ0) is 9.84. The lowest BCUT2D eigenvalue weighted by Gasteiger charge is -2.07. The van der Waals surface area contributed by atoms with Crippen LogP contribution in [0.5, 0.6) is 5.75 Å². The Hall–Kier alpha value is -0.650. The second kappa shape index (κ2) is 4.55. The molecule has 13 heavy (non-hydrogen) atoms. The van der Waals surface area contributed by atoms with Gasteiger partial charge in [-0.05, 0) is 28.1 Å². The quantitative estimate of drug-likeness (QED) is 0.834. The Kier molecular flexibility index (Phi) is 3.65. The number of rotatable bonds is 3. The molecule has 0 fully saturated rings. The van der Waals surface area contributed by atoms with E-state index < -0.39 is 5.82 Å². The molecule has 0 atom stereocenters. The largest absolute Gasteiger partial charge is 0.495 e. The summed E-state index contributed by atoms with van der Waals surface area (Å²) in [7, 11) is 1.47. The molecule has 1 rings (SSSR count). The van der Waals surface area contributed by atoms with Gasteiger partial charge in [0, 0.05) is 5.56 Å². The minimum atomic E-state index is -0.412. The van der Waals surface area contributed by atoms with Gasteiger partial charge in [-0.15, -0.1) is 0 Å². The molecule has 0 aliphatic heterocycles. The number of ether oxygens (including phenoxy) is 1. The average molecular weight is 250 g/mol. The van der Waals surface area contributed by atoms with E-state index in [0.29, 0.717) is 11.3 Å². The Labute approximate surface area is 83.7 Å². The molecule has 2 N–H and O–H groups in total. The van der Waals surface area contributed by atoms with Gasteiger partial charge in [0.15, 0.2) is 0 Å². The molecule has 0 bridgehead atoms. The zero-order valence-electron chi connectivity index (χ0n) is 7.01. The third kappa shape index (κ3) is 2.18. The molecule has 0 aromatic heterocycles. The van der Waals surface area contributed by atoms with E-state index in [4.69, 9.17) is 10.6 Å². The van der Waals surface area contributed by atoms with E-state index in [1.54, 1.807) is 12.1 Å². The molecule has 0 aliphatic rings. The highest BCUT2D eigenvalue weighted by Gasteiger charge is 2.10. The van der Waals surface area contributed by atoms with Crippen molar-refractivity contribution in [3.8, 4) is 5.75 Å². The Balaban J connectivity index is 3.07. The fraction of sp³-hybridized carbons (Fsp3) is 0.250. The molecule has 0 aliphatic carbocycles. The van der Waals surface area contributed by atoms with Crippen LogP contribution in [0.4, 0.5) is 4.39 Å². The first kappa shape index (κ1) is 10.4. The van der Waals surface area contributed by atoms with Gasteiger partial charge in [-0.3, -0.25) is 4.84 Å². The van der Waals surface area contributed by atoms with Gasteiger partial charge in [0.2, 0.25) is 0 Å². The molecular weight excluding hydrogens is 241 g/mol. The van der Waals surface area contributed by atoms with Crippen molar-refractivity contribution in [2.75, 3.05) is 7.11 Å². The van der Waals surface area contributed by atoms with E-state index in [2.05, 4.69) is 20.8 Å². The second-order valence-electron chi connectivity index (χ2n) is 2.37. The molecule has 1 aromatic rings. The highest BCUT2D eigenvalue weighted by Crippen LogP contribution is 2.29. The lowest BCUT2D eigenvalue weighted by molar-refractivity contribution is 0.121. The highest BCUT2D eigenvalue weighted by molar-refractivity contribution is 9.10. The molecule has 0 saturated heterocycles. The number of nitrogens with two attached hydrogens (primary N) is 1. The van der Waals surface area contributed by atoms with Gasteiger partial charge in [-0.1, -0.05) is 0 Å². The first-order chi connectivity index (χ1) is 6.20. The van der Waals surface area contributed by atoms with Gasteiger partial charge in [0.1, 0.15) is 11.6 Å². The van der Waals surface area contributed by atoms with E-state index in [9.17, 15) is 4.39 Å². The normalized spacial score (nSPS) is 10.2. The van der Waals surface area contributed by atoms with E-state index in [1.165, 1.54) is 7.11 Å².